The molecule has 0 heterocycles. The molecule has 2 N–H and O–H groups in total. The van der Waals surface area contributed by atoms with Crippen molar-refractivity contribution >= 4 is 45.3 Å². The predicted molar refractivity (Wildman–Crippen MR) is 86.9 cm³/mol. The number of halogens is 1. The van der Waals surface area contributed by atoms with Gasteiger partial charge in [-0.3, -0.25) is 4.79 Å². The van der Waals surface area contributed by atoms with Crippen molar-refractivity contribution in [2.75, 3.05) is 11.1 Å². The third-order valence-corrected chi connectivity index (χ3v) is 4.10. The SMILES string of the molecule is O=C(CSc1ccccc1)Nc1ccc(Br)cc1C(=O)O. The number of carboxylic acids is 1. The fourth-order valence-electron chi connectivity index (χ4n) is 1.65. The normalized spacial score (nSPS) is 10.1. The Bertz CT molecular complexity index is 661. The van der Waals surface area contributed by atoms with E-state index in [0.717, 1.165) is 4.90 Å². The molecule has 0 aliphatic carbocycles. The Morgan fingerprint density at radius 2 is 1.86 bits per heavy atom. The number of rotatable bonds is 5. The molecular weight excluding hydrogens is 354 g/mol. The van der Waals surface area contributed by atoms with Gasteiger partial charge in [-0.15, -0.1) is 11.8 Å². The standard InChI is InChI=1S/C15H12BrNO3S/c16-10-6-7-13(12(8-10)15(19)20)17-14(18)9-21-11-4-2-1-3-5-11/h1-8H,9H2,(H,17,18)(H,19,20). The molecule has 0 spiro atoms. The molecule has 6 heteroatoms. The highest BCUT2D eigenvalue weighted by Gasteiger charge is 2.13. The molecule has 2 aromatic carbocycles. The fraction of sp³-hybridized carbons (Fsp3) is 0.0667. The summed E-state index contributed by atoms with van der Waals surface area (Å²) in [6.07, 6.45) is 0. The number of amides is 1. The first-order chi connectivity index (χ1) is 10.1. The van der Waals surface area contributed by atoms with Crippen LogP contribution in [-0.4, -0.2) is 22.7 Å². The van der Waals surface area contributed by atoms with Crippen LogP contribution in [0.1, 0.15) is 10.4 Å². The molecule has 0 saturated carbocycles. The van der Waals surface area contributed by atoms with Crippen molar-refractivity contribution in [1.29, 1.82) is 0 Å². The minimum absolute atomic E-state index is 0.0578. The summed E-state index contributed by atoms with van der Waals surface area (Å²) < 4.78 is 0.650. The molecule has 0 saturated heterocycles. The second kappa shape index (κ2) is 7.28. The Balaban J connectivity index is 2.01. The lowest BCUT2D eigenvalue weighted by Crippen LogP contribution is -2.16. The van der Waals surface area contributed by atoms with Crippen LogP contribution in [0.5, 0.6) is 0 Å². The summed E-state index contributed by atoms with van der Waals surface area (Å²) in [7, 11) is 0. The van der Waals surface area contributed by atoms with Gasteiger partial charge in [-0.25, -0.2) is 4.79 Å². The Morgan fingerprint density at radius 1 is 1.14 bits per heavy atom. The number of carboxylic acid groups (broad SMARTS) is 1. The monoisotopic (exact) mass is 365 g/mol. The highest BCUT2D eigenvalue weighted by molar-refractivity contribution is 9.10. The van der Waals surface area contributed by atoms with Gasteiger partial charge >= 0.3 is 5.97 Å². The first kappa shape index (κ1) is 15.6. The van der Waals surface area contributed by atoms with Gasteiger partial charge in [0.2, 0.25) is 5.91 Å². The zero-order chi connectivity index (χ0) is 15.2. The molecule has 1 amide bonds. The average molecular weight is 366 g/mol. The lowest BCUT2D eigenvalue weighted by Gasteiger charge is -2.09. The number of benzene rings is 2. The van der Waals surface area contributed by atoms with Crippen molar-refractivity contribution in [2.24, 2.45) is 0 Å². The number of hydrogen-bond acceptors (Lipinski definition) is 3. The molecule has 2 rings (SSSR count). The van der Waals surface area contributed by atoms with E-state index in [1.54, 1.807) is 12.1 Å². The number of nitrogens with one attached hydrogen (secondary N) is 1. The average Bonchev–Trinajstić information content (AvgIpc) is 2.48. The van der Waals surface area contributed by atoms with Gasteiger partial charge in [0, 0.05) is 9.37 Å². The summed E-state index contributed by atoms with van der Waals surface area (Å²) in [5, 5.41) is 11.8. The summed E-state index contributed by atoms with van der Waals surface area (Å²) in [5.41, 5.74) is 0.354. The molecule has 0 fully saturated rings. The zero-order valence-electron chi connectivity index (χ0n) is 10.9. The molecule has 0 aliphatic rings. The van der Waals surface area contributed by atoms with Crippen LogP contribution in [0.4, 0.5) is 5.69 Å². The molecule has 4 nitrogen and oxygen atoms in total. The highest BCUT2D eigenvalue weighted by atomic mass is 79.9. The van der Waals surface area contributed by atoms with Crippen molar-refractivity contribution in [3.05, 3.63) is 58.6 Å². The van der Waals surface area contributed by atoms with Crippen molar-refractivity contribution < 1.29 is 14.7 Å². The first-order valence-corrected chi connectivity index (χ1v) is 7.84. The number of hydrogen-bond donors (Lipinski definition) is 2. The minimum atomic E-state index is -1.08. The maximum Gasteiger partial charge on any atom is 0.337 e. The van der Waals surface area contributed by atoms with E-state index < -0.39 is 5.97 Å². The lowest BCUT2D eigenvalue weighted by molar-refractivity contribution is -0.113. The number of thioether (sulfide) groups is 1. The van der Waals surface area contributed by atoms with Gasteiger partial charge < -0.3 is 10.4 Å². The molecule has 0 radical (unpaired) electrons. The minimum Gasteiger partial charge on any atom is -0.478 e. The number of carbonyl (C=O) groups excluding carboxylic acids is 1. The van der Waals surface area contributed by atoms with Crippen molar-refractivity contribution in [3.8, 4) is 0 Å². The third-order valence-electron chi connectivity index (χ3n) is 2.60. The number of anilines is 1. The lowest BCUT2D eigenvalue weighted by atomic mass is 10.2. The van der Waals surface area contributed by atoms with E-state index in [0.29, 0.717) is 10.2 Å². The van der Waals surface area contributed by atoms with E-state index >= 15 is 0 Å². The first-order valence-electron chi connectivity index (χ1n) is 6.07. The van der Waals surface area contributed by atoms with E-state index in [-0.39, 0.29) is 17.2 Å². The molecule has 0 unspecified atom stereocenters. The van der Waals surface area contributed by atoms with Crippen LogP contribution in [0.15, 0.2) is 57.9 Å². The van der Waals surface area contributed by atoms with Crippen LogP contribution < -0.4 is 5.32 Å². The summed E-state index contributed by atoms with van der Waals surface area (Å²) in [6, 6.07) is 14.3. The Labute approximate surface area is 134 Å². The van der Waals surface area contributed by atoms with E-state index in [9.17, 15) is 9.59 Å². The third kappa shape index (κ3) is 4.61. The molecule has 2 aromatic rings. The second-order valence-electron chi connectivity index (χ2n) is 4.14. The van der Waals surface area contributed by atoms with Crippen molar-refractivity contribution in [3.63, 3.8) is 0 Å². The van der Waals surface area contributed by atoms with Crippen LogP contribution in [0.25, 0.3) is 0 Å². The van der Waals surface area contributed by atoms with Gasteiger partial charge in [0.05, 0.1) is 17.0 Å². The topological polar surface area (TPSA) is 66.4 Å². The molecule has 108 valence electrons. The van der Waals surface area contributed by atoms with Crippen LogP contribution in [-0.2, 0) is 4.79 Å². The van der Waals surface area contributed by atoms with Crippen molar-refractivity contribution in [1.82, 2.24) is 0 Å². The molecule has 21 heavy (non-hydrogen) atoms. The van der Waals surface area contributed by atoms with Gasteiger partial charge in [-0.1, -0.05) is 34.1 Å². The van der Waals surface area contributed by atoms with E-state index in [2.05, 4.69) is 21.2 Å². The van der Waals surface area contributed by atoms with Crippen LogP contribution in [0.3, 0.4) is 0 Å². The quantitative estimate of drug-likeness (QED) is 0.789. The van der Waals surface area contributed by atoms with Gasteiger partial charge in [-0.2, -0.15) is 0 Å². The Hall–Kier alpha value is -1.79. The Kier molecular flexibility index (Phi) is 5.41. The maximum atomic E-state index is 11.9. The highest BCUT2D eigenvalue weighted by Crippen LogP contribution is 2.22. The van der Waals surface area contributed by atoms with Crippen molar-refractivity contribution in [2.45, 2.75) is 4.90 Å². The Morgan fingerprint density at radius 3 is 2.52 bits per heavy atom. The van der Waals surface area contributed by atoms with Crippen LogP contribution >= 0.6 is 27.7 Å². The summed E-state index contributed by atoms with van der Waals surface area (Å²) in [5.74, 6) is -1.10. The molecule has 0 aliphatic heterocycles. The van der Waals surface area contributed by atoms with Gasteiger partial charge in [0.25, 0.3) is 0 Å². The molecule has 0 atom stereocenters. The summed E-state index contributed by atoms with van der Waals surface area (Å²) in [6.45, 7) is 0. The largest absolute Gasteiger partial charge is 0.478 e. The zero-order valence-corrected chi connectivity index (χ0v) is 13.3. The second-order valence-corrected chi connectivity index (χ2v) is 6.11. The van der Waals surface area contributed by atoms with E-state index in [4.69, 9.17) is 5.11 Å². The predicted octanol–water partition coefficient (Wildman–Crippen LogP) is 3.88. The van der Waals surface area contributed by atoms with Crippen LogP contribution in [0, 0.1) is 0 Å². The van der Waals surface area contributed by atoms with E-state index in [1.807, 2.05) is 30.3 Å². The van der Waals surface area contributed by atoms with Gasteiger partial charge in [0.15, 0.2) is 0 Å². The fourth-order valence-corrected chi connectivity index (χ4v) is 2.73. The number of aromatic carboxylic acids is 1. The molecular formula is C15H12BrNO3S. The van der Waals surface area contributed by atoms with Gasteiger partial charge in [0.1, 0.15) is 0 Å². The summed E-state index contributed by atoms with van der Waals surface area (Å²) >= 11 is 4.61. The summed E-state index contributed by atoms with van der Waals surface area (Å²) in [4.78, 5) is 24.1. The van der Waals surface area contributed by atoms with Gasteiger partial charge in [-0.05, 0) is 30.3 Å². The van der Waals surface area contributed by atoms with E-state index in [1.165, 1.54) is 17.8 Å². The maximum absolute atomic E-state index is 11.9. The van der Waals surface area contributed by atoms with Crippen LogP contribution in [0.2, 0.25) is 0 Å². The molecule has 0 bridgehead atoms. The number of carbonyl (C=O) groups is 2. The molecule has 0 aromatic heterocycles. The smallest absolute Gasteiger partial charge is 0.337 e.